The quantitative estimate of drug-likeness (QED) is 0.408. The number of nitriles is 1. The Kier molecular flexibility index (Phi) is 7.85. The van der Waals surface area contributed by atoms with Crippen LogP contribution in [0, 0.1) is 11.3 Å². The lowest BCUT2D eigenvalue weighted by atomic mass is 9.99. The van der Waals surface area contributed by atoms with Gasteiger partial charge in [0.2, 0.25) is 0 Å². The Bertz CT molecular complexity index is 1160. The average Bonchev–Trinajstić information content (AvgIpc) is 2.78. The highest BCUT2D eigenvalue weighted by Crippen LogP contribution is 2.34. The highest BCUT2D eigenvalue weighted by Gasteiger charge is 2.22. The summed E-state index contributed by atoms with van der Waals surface area (Å²) in [7, 11) is 1.74. The normalized spacial score (nSPS) is 11.9. The molecule has 31 heavy (non-hydrogen) atoms. The number of hydrogen-bond donors (Lipinski definition) is 1. The Morgan fingerprint density at radius 2 is 1.97 bits per heavy atom. The molecule has 0 saturated carbocycles. The third-order valence-corrected chi connectivity index (χ3v) is 6.86. The van der Waals surface area contributed by atoms with Gasteiger partial charge in [0.1, 0.15) is 6.07 Å². The molecule has 3 aromatic rings. The number of fused-ring (bicyclic) bond motifs is 1. The number of halogens is 2. The van der Waals surface area contributed by atoms with Crippen molar-refractivity contribution in [3.63, 3.8) is 0 Å². The van der Waals surface area contributed by atoms with E-state index in [4.69, 9.17) is 23.2 Å². The minimum atomic E-state index is -0.765. The van der Waals surface area contributed by atoms with Crippen molar-refractivity contribution in [1.82, 2.24) is 4.90 Å². The van der Waals surface area contributed by atoms with Crippen LogP contribution in [0.15, 0.2) is 53.4 Å². The maximum Gasteiger partial charge on any atom is 0.255 e. The van der Waals surface area contributed by atoms with E-state index in [1.807, 2.05) is 36.6 Å². The molecule has 0 aromatic heterocycles. The van der Waals surface area contributed by atoms with Gasteiger partial charge in [-0.1, -0.05) is 59.6 Å². The van der Waals surface area contributed by atoms with Gasteiger partial charge in [-0.05, 0) is 42.0 Å². The zero-order valence-corrected chi connectivity index (χ0v) is 19.6. The molecule has 7 heteroatoms. The molecule has 0 aliphatic rings. The van der Waals surface area contributed by atoms with Crippen LogP contribution < -0.4 is 0 Å². The second kappa shape index (κ2) is 10.4. The molecule has 0 fully saturated rings. The number of carbonyl (C=O) groups is 1. The topological polar surface area (TPSA) is 64.3 Å². The first-order chi connectivity index (χ1) is 14.9. The van der Waals surface area contributed by atoms with Crippen molar-refractivity contribution in [2.75, 3.05) is 19.8 Å². The molecule has 1 unspecified atom stereocenters. The van der Waals surface area contributed by atoms with E-state index in [-0.39, 0.29) is 5.91 Å². The van der Waals surface area contributed by atoms with E-state index in [9.17, 15) is 15.2 Å². The van der Waals surface area contributed by atoms with Gasteiger partial charge in [-0.15, -0.1) is 11.8 Å². The van der Waals surface area contributed by atoms with E-state index in [0.717, 1.165) is 10.8 Å². The zero-order valence-electron chi connectivity index (χ0n) is 17.2. The summed E-state index contributed by atoms with van der Waals surface area (Å²) in [6, 6.07) is 16.8. The summed E-state index contributed by atoms with van der Waals surface area (Å²) in [6.07, 6.45) is 2.12. The summed E-state index contributed by atoms with van der Waals surface area (Å²) in [4.78, 5) is 15.7. The number of aliphatic hydroxyl groups excluding tert-OH is 1. The second-order valence-electron chi connectivity index (χ2n) is 7.19. The van der Waals surface area contributed by atoms with Gasteiger partial charge in [0, 0.05) is 24.1 Å². The zero-order chi connectivity index (χ0) is 22.5. The molecule has 1 amide bonds. The van der Waals surface area contributed by atoms with Crippen molar-refractivity contribution in [2.45, 2.75) is 23.8 Å². The van der Waals surface area contributed by atoms with E-state index in [1.165, 1.54) is 11.8 Å². The molecule has 3 aromatic carbocycles. The number of aliphatic hydroxyl groups is 1. The Balaban J connectivity index is 1.78. The molecule has 0 spiro atoms. The summed E-state index contributed by atoms with van der Waals surface area (Å²) in [5, 5.41) is 22.5. The molecule has 0 heterocycles. The van der Waals surface area contributed by atoms with Gasteiger partial charge in [0.15, 0.2) is 0 Å². The first-order valence-electron chi connectivity index (χ1n) is 9.76. The van der Waals surface area contributed by atoms with Crippen molar-refractivity contribution in [2.24, 2.45) is 0 Å². The number of nitrogens with zero attached hydrogens (tertiary/aromatic N) is 2. The summed E-state index contributed by atoms with van der Waals surface area (Å²) in [5.41, 5.74) is 1.62. The Morgan fingerprint density at radius 1 is 1.23 bits per heavy atom. The number of carbonyl (C=O) groups excluding carboxylic acids is 1. The van der Waals surface area contributed by atoms with Crippen molar-refractivity contribution in [3.05, 3.63) is 75.3 Å². The molecule has 1 N–H and O–H groups in total. The SMILES string of the molecule is CSc1c(C#N)cc2ccccc2c1C(=O)N(C)CCCC(O)c1cccc(Cl)c1Cl. The highest BCUT2D eigenvalue weighted by molar-refractivity contribution is 7.98. The van der Waals surface area contributed by atoms with Gasteiger partial charge < -0.3 is 10.0 Å². The molecule has 0 saturated heterocycles. The first-order valence-corrected chi connectivity index (χ1v) is 11.7. The van der Waals surface area contributed by atoms with E-state index < -0.39 is 6.10 Å². The Morgan fingerprint density at radius 3 is 2.68 bits per heavy atom. The van der Waals surface area contributed by atoms with Crippen LogP contribution in [-0.4, -0.2) is 35.8 Å². The molecular formula is C24H22Cl2N2O2S. The summed E-state index contributed by atoms with van der Waals surface area (Å²) in [5.74, 6) is -0.145. The van der Waals surface area contributed by atoms with Gasteiger partial charge in [0.05, 0.1) is 27.3 Å². The summed E-state index contributed by atoms with van der Waals surface area (Å²) < 4.78 is 0. The highest BCUT2D eigenvalue weighted by atomic mass is 35.5. The van der Waals surface area contributed by atoms with Crippen molar-refractivity contribution in [1.29, 1.82) is 5.26 Å². The molecule has 3 rings (SSSR count). The lowest BCUT2D eigenvalue weighted by Crippen LogP contribution is -2.29. The number of hydrogen-bond acceptors (Lipinski definition) is 4. The van der Waals surface area contributed by atoms with Crippen LogP contribution in [0.4, 0.5) is 0 Å². The van der Waals surface area contributed by atoms with Gasteiger partial charge in [-0.25, -0.2) is 0 Å². The van der Waals surface area contributed by atoms with Crippen molar-refractivity contribution in [3.8, 4) is 6.07 Å². The fourth-order valence-corrected chi connectivity index (χ4v) is 4.74. The minimum Gasteiger partial charge on any atom is -0.388 e. The fraction of sp³-hybridized carbons (Fsp3) is 0.250. The predicted molar refractivity (Wildman–Crippen MR) is 128 cm³/mol. The van der Waals surface area contributed by atoms with Gasteiger partial charge >= 0.3 is 0 Å². The van der Waals surface area contributed by atoms with E-state index in [2.05, 4.69) is 6.07 Å². The molecule has 0 radical (unpaired) electrons. The van der Waals surface area contributed by atoms with Crippen LogP contribution in [0.25, 0.3) is 10.8 Å². The Hall–Kier alpha value is -2.23. The van der Waals surface area contributed by atoms with E-state index in [1.54, 1.807) is 30.1 Å². The molecule has 0 aliphatic carbocycles. The lowest BCUT2D eigenvalue weighted by molar-refractivity contribution is 0.0780. The third-order valence-electron chi connectivity index (χ3n) is 5.20. The third kappa shape index (κ3) is 4.99. The van der Waals surface area contributed by atoms with E-state index in [0.29, 0.717) is 51.0 Å². The standard InChI is InChI=1S/C24H22Cl2N2O2S/c1-28(12-6-11-20(29)18-9-5-10-19(25)22(18)26)24(30)21-17-8-4-3-7-15(17)13-16(14-27)23(21)31-2/h3-5,7-10,13,20,29H,6,11-12H2,1-2H3. The molecular weight excluding hydrogens is 451 g/mol. The molecule has 0 bridgehead atoms. The second-order valence-corrected chi connectivity index (χ2v) is 8.79. The number of benzene rings is 3. The Labute approximate surface area is 196 Å². The maximum atomic E-state index is 13.4. The number of thioether (sulfide) groups is 1. The van der Waals surface area contributed by atoms with Crippen molar-refractivity contribution < 1.29 is 9.90 Å². The molecule has 0 aliphatic heterocycles. The van der Waals surface area contributed by atoms with Crippen molar-refractivity contribution >= 4 is 51.6 Å². The van der Waals surface area contributed by atoms with Gasteiger partial charge in [-0.3, -0.25) is 4.79 Å². The summed E-state index contributed by atoms with van der Waals surface area (Å²) >= 11 is 13.6. The maximum absolute atomic E-state index is 13.4. The van der Waals surface area contributed by atoms with E-state index >= 15 is 0 Å². The fourth-order valence-electron chi connectivity index (χ4n) is 3.58. The van der Waals surface area contributed by atoms with Crippen LogP contribution in [0.5, 0.6) is 0 Å². The molecule has 4 nitrogen and oxygen atoms in total. The van der Waals surface area contributed by atoms with Gasteiger partial charge in [-0.2, -0.15) is 5.26 Å². The first kappa shape index (κ1) is 23.4. The summed E-state index contributed by atoms with van der Waals surface area (Å²) in [6.45, 7) is 0.451. The molecule has 160 valence electrons. The van der Waals surface area contributed by atoms with Crippen LogP contribution in [-0.2, 0) is 0 Å². The average molecular weight is 473 g/mol. The van der Waals surface area contributed by atoms with Gasteiger partial charge in [0.25, 0.3) is 5.91 Å². The number of amides is 1. The monoisotopic (exact) mass is 472 g/mol. The minimum absolute atomic E-state index is 0.145. The predicted octanol–water partition coefficient (Wildman–Crippen LogP) is 6.33. The molecule has 1 atom stereocenters. The van der Waals surface area contributed by atoms with Crippen LogP contribution in [0.3, 0.4) is 0 Å². The number of rotatable bonds is 7. The lowest BCUT2D eigenvalue weighted by Gasteiger charge is -2.21. The van der Waals surface area contributed by atoms with Crippen LogP contribution in [0.1, 0.15) is 40.4 Å². The smallest absolute Gasteiger partial charge is 0.255 e. The largest absolute Gasteiger partial charge is 0.388 e. The van der Waals surface area contributed by atoms with Crippen LogP contribution in [0.2, 0.25) is 10.0 Å². The van der Waals surface area contributed by atoms with Crippen LogP contribution >= 0.6 is 35.0 Å².